The van der Waals surface area contributed by atoms with E-state index in [0.29, 0.717) is 5.92 Å². The molecule has 2 N–H and O–H groups in total. The van der Waals surface area contributed by atoms with E-state index in [9.17, 15) is 12.8 Å². The van der Waals surface area contributed by atoms with Gasteiger partial charge < -0.3 is 0 Å². The van der Waals surface area contributed by atoms with E-state index in [1.165, 1.54) is 12.1 Å². The van der Waals surface area contributed by atoms with E-state index in [0.717, 1.165) is 42.6 Å². The fourth-order valence-electron chi connectivity index (χ4n) is 3.26. The van der Waals surface area contributed by atoms with E-state index in [4.69, 9.17) is 0 Å². The molecular formula is C19H26FN3O2S. The average molecular weight is 380 g/mol. The molecule has 0 radical (unpaired) electrons. The first-order valence-electron chi connectivity index (χ1n) is 8.99. The van der Waals surface area contributed by atoms with Gasteiger partial charge in [0.05, 0.1) is 10.4 Å². The highest BCUT2D eigenvalue weighted by atomic mass is 32.2. The third-order valence-corrected chi connectivity index (χ3v) is 7.27. The lowest BCUT2D eigenvalue weighted by atomic mass is 9.84. The predicted molar refractivity (Wildman–Crippen MR) is 101 cm³/mol. The Balaban J connectivity index is 1.62. The molecule has 3 rings (SSSR count). The Morgan fingerprint density at radius 1 is 1.15 bits per heavy atom. The van der Waals surface area contributed by atoms with E-state index < -0.39 is 14.8 Å². The number of nitrogens with zero attached hydrogens (tertiary/aromatic N) is 1. The summed E-state index contributed by atoms with van der Waals surface area (Å²) in [4.78, 5) is 0. The van der Waals surface area contributed by atoms with Gasteiger partial charge in [0.25, 0.3) is 0 Å². The minimum Gasteiger partial charge on any atom is -0.282 e. The second-order valence-electron chi connectivity index (χ2n) is 8.00. The van der Waals surface area contributed by atoms with Crippen LogP contribution in [0.5, 0.6) is 0 Å². The van der Waals surface area contributed by atoms with Crippen LogP contribution >= 0.6 is 0 Å². The molecule has 7 heteroatoms. The molecule has 2 aromatic rings. The standard InChI is InChI=1S/C19H26FN3O2S/c1-19(2,3)26(24,25)23-16-9-7-13(8-10-16)17-12-18(22-21-17)14-5-4-6-15(20)11-14/h4-6,11-13,16,23H,7-10H2,1-3H3,(H,21,22). The molecule has 1 saturated carbocycles. The maximum atomic E-state index is 13.4. The van der Waals surface area contributed by atoms with Gasteiger partial charge >= 0.3 is 0 Å². The molecule has 0 bridgehead atoms. The predicted octanol–water partition coefficient (Wildman–Crippen LogP) is 3.96. The van der Waals surface area contributed by atoms with Crippen molar-refractivity contribution in [2.24, 2.45) is 0 Å². The Morgan fingerprint density at radius 3 is 2.46 bits per heavy atom. The fourth-order valence-corrected chi connectivity index (χ4v) is 4.29. The van der Waals surface area contributed by atoms with Gasteiger partial charge in [0, 0.05) is 23.2 Å². The Morgan fingerprint density at radius 2 is 1.85 bits per heavy atom. The van der Waals surface area contributed by atoms with E-state index in [1.807, 2.05) is 12.1 Å². The van der Waals surface area contributed by atoms with Crippen LogP contribution in [0.15, 0.2) is 30.3 Å². The molecule has 0 atom stereocenters. The molecule has 1 fully saturated rings. The summed E-state index contributed by atoms with van der Waals surface area (Å²) in [5.74, 6) is 0.0406. The number of H-pyrrole nitrogens is 1. The van der Waals surface area contributed by atoms with Crippen LogP contribution in [0.2, 0.25) is 0 Å². The molecule has 0 unspecified atom stereocenters. The minimum absolute atomic E-state index is 0.0129. The van der Waals surface area contributed by atoms with Crippen molar-refractivity contribution in [1.29, 1.82) is 0 Å². The highest BCUT2D eigenvalue weighted by molar-refractivity contribution is 7.90. The van der Waals surface area contributed by atoms with E-state index in [-0.39, 0.29) is 11.9 Å². The summed E-state index contributed by atoms with van der Waals surface area (Å²) in [7, 11) is -3.32. The summed E-state index contributed by atoms with van der Waals surface area (Å²) >= 11 is 0. The molecule has 0 saturated heterocycles. The summed E-state index contributed by atoms with van der Waals surface area (Å²) in [5.41, 5.74) is 2.51. The summed E-state index contributed by atoms with van der Waals surface area (Å²) in [5, 5.41) is 7.38. The van der Waals surface area contributed by atoms with Crippen molar-refractivity contribution in [2.75, 3.05) is 0 Å². The summed E-state index contributed by atoms with van der Waals surface area (Å²) < 4.78 is 40.0. The maximum absolute atomic E-state index is 13.4. The number of aromatic nitrogens is 2. The molecule has 0 spiro atoms. The molecule has 1 aromatic heterocycles. The zero-order valence-electron chi connectivity index (χ0n) is 15.4. The van der Waals surface area contributed by atoms with Gasteiger partial charge in [0.1, 0.15) is 5.82 Å². The van der Waals surface area contributed by atoms with Crippen LogP contribution in [0.3, 0.4) is 0 Å². The SMILES string of the molecule is CC(C)(C)S(=O)(=O)NC1CCC(c2cc(-c3cccc(F)c3)n[nH]2)CC1. The monoisotopic (exact) mass is 379 g/mol. The third-order valence-electron chi connectivity index (χ3n) is 5.01. The lowest BCUT2D eigenvalue weighted by Gasteiger charge is -2.30. The smallest absolute Gasteiger partial charge is 0.216 e. The number of hydrogen-bond acceptors (Lipinski definition) is 3. The van der Waals surface area contributed by atoms with Gasteiger partial charge in [0.2, 0.25) is 10.0 Å². The van der Waals surface area contributed by atoms with Crippen LogP contribution in [-0.2, 0) is 10.0 Å². The Hall–Kier alpha value is -1.73. The molecule has 0 aliphatic heterocycles. The summed E-state index contributed by atoms with van der Waals surface area (Å²) in [6, 6.07) is 8.35. The fraction of sp³-hybridized carbons (Fsp3) is 0.526. The highest BCUT2D eigenvalue weighted by Crippen LogP contribution is 2.34. The van der Waals surface area contributed by atoms with E-state index in [2.05, 4.69) is 14.9 Å². The van der Waals surface area contributed by atoms with Crippen LogP contribution in [0.25, 0.3) is 11.3 Å². The van der Waals surface area contributed by atoms with Gasteiger partial charge in [0.15, 0.2) is 0 Å². The first-order chi connectivity index (χ1) is 12.2. The van der Waals surface area contributed by atoms with Gasteiger partial charge in [-0.05, 0) is 64.7 Å². The maximum Gasteiger partial charge on any atom is 0.216 e. The average Bonchev–Trinajstić information content (AvgIpc) is 3.04. The largest absolute Gasteiger partial charge is 0.282 e. The molecule has 142 valence electrons. The van der Waals surface area contributed by atoms with Crippen LogP contribution in [0.1, 0.15) is 58.1 Å². The molecule has 1 aliphatic rings. The van der Waals surface area contributed by atoms with Crippen LogP contribution in [-0.4, -0.2) is 29.4 Å². The molecule has 5 nitrogen and oxygen atoms in total. The lowest BCUT2D eigenvalue weighted by Crippen LogP contribution is -2.45. The van der Waals surface area contributed by atoms with E-state index >= 15 is 0 Å². The minimum atomic E-state index is -3.32. The Bertz CT molecular complexity index is 863. The van der Waals surface area contributed by atoms with E-state index in [1.54, 1.807) is 26.8 Å². The number of hydrogen-bond donors (Lipinski definition) is 2. The normalized spacial score (nSPS) is 21.7. The first kappa shape index (κ1) is 19.0. The second-order valence-corrected chi connectivity index (χ2v) is 10.5. The number of benzene rings is 1. The summed E-state index contributed by atoms with van der Waals surface area (Å²) in [6.07, 6.45) is 3.38. The quantitative estimate of drug-likeness (QED) is 0.844. The van der Waals surface area contributed by atoms with Gasteiger partial charge in [-0.1, -0.05) is 12.1 Å². The number of nitrogens with one attached hydrogen (secondary N) is 2. The van der Waals surface area contributed by atoms with Crippen molar-refractivity contribution in [2.45, 2.75) is 63.2 Å². The third kappa shape index (κ3) is 4.15. The van der Waals surface area contributed by atoms with Crippen LogP contribution in [0, 0.1) is 5.82 Å². The highest BCUT2D eigenvalue weighted by Gasteiger charge is 2.33. The number of aromatic amines is 1. The van der Waals surface area contributed by atoms with Crippen molar-refractivity contribution in [1.82, 2.24) is 14.9 Å². The number of rotatable bonds is 4. The Kier molecular flexibility index (Phi) is 5.21. The van der Waals surface area contributed by atoms with Gasteiger partial charge in [-0.2, -0.15) is 5.10 Å². The molecule has 0 amide bonds. The first-order valence-corrected chi connectivity index (χ1v) is 10.5. The van der Waals surface area contributed by atoms with Crippen molar-refractivity contribution in [3.63, 3.8) is 0 Å². The van der Waals surface area contributed by atoms with Crippen molar-refractivity contribution < 1.29 is 12.8 Å². The number of sulfonamides is 1. The lowest BCUT2D eigenvalue weighted by molar-refractivity contribution is 0.367. The van der Waals surface area contributed by atoms with Gasteiger partial charge in [-0.25, -0.2) is 17.5 Å². The van der Waals surface area contributed by atoms with Gasteiger partial charge in [-0.3, -0.25) is 5.10 Å². The van der Waals surface area contributed by atoms with Crippen molar-refractivity contribution in [3.8, 4) is 11.3 Å². The molecular weight excluding hydrogens is 353 g/mol. The molecule has 26 heavy (non-hydrogen) atoms. The zero-order valence-corrected chi connectivity index (χ0v) is 16.2. The molecule has 1 heterocycles. The second kappa shape index (κ2) is 7.12. The van der Waals surface area contributed by atoms with Crippen LogP contribution < -0.4 is 4.72 Å². The topological polar surface area (TPSA) is 74.8 Å². The molecule has 1 aromatic carbocycles. The summed E-state index contributed by atoms with van der Waals surface area (Å²) in [6.45, 7) is 5.12. The Labute approximate surface area is 154 Å². The van der Waals surface area contributed by atoms with Crippen LogP contribution in [0.4, 0.5) is 4.39 Å². The van der Waals surface area contributed by atoms with Crippen molar-refractivity contribution >= 4 is 10.0 Å². The van der Waals surface area contributed by atoms with Gasteiger partial charge in [-0.15, -0.1) is 0 Å². The van der Waals surface area contributed by atoms with Crippen molar-refractivity contribution in [3.05, 3.63) is 41.8 Å². The number of halogens is 1. The molecule has 1 aliphatic carbocycles. The zero-order chi connectivity index (χ0) is 18.9.